The Bertz CT molecular complexity index is 1280. The van der Waals surface area contributed by atoms with E-state index in [2.05, 4.69) is 11.4 Å². The third-order valence-corrected chi connectivity index (χ3v) is 6.87. The maximum absolute atomic E-state index is 13.6. The molecule has 4 rings (SSSR count). The number of phenolic OH excluding ortho intramolecular Hbond substituents is 1. The van der Waals surface area contributed by atoms with Crippen LogP contribution in [-0.2, 0) is 12.7 Å². The summed E-state index contributed by atoms with van der Waals surface area (Å²) in [6.07, 6.45) is -4.53. The van der Waals surface area contributed by atoms with Crippen molar-refractivity contribution in [3.63, 3.8) is 0 Å². The fraction of sp³-hybridized carbons (Fsp3) is 0.345. The number of aromatic hydroxyl groups is 1. The van der Waals surface area contributed by atoms with Gasteiger partial charge in [0.1, 0.15) is 5.75 Å². The molecule has 4 nitrogen and oxygen atoms in total. The molecule has 0 radical (unpaired) electrons. The quantitative estimate of drug-likeness (QED) is 0.385. The highest BCUT2D eigenvalue weighted by molar-refractivity contribution is 5.79. The zero-order chi connectivity index (χ0) is 26.4. The Balaban J connectivity index is 1.76. The number of benzene rings is 3. The van der Waals surface area contributed by atoms with Crippen LogP contribution in [0.5, 0.6) is 5.75 Å². The number of hydrogen-bond acceptors (Lipinski definition) is 2. The number of nitrogens with one attached hydrogen (secondary N) is 1. The number of alkyl halides is 3. The van der Waals surface area contributed by atoms with E-state index in [4.69, 9.17) is 0 Å². The van der Waals surface area contributed by atoms with Gasteiger partial charge in [-0.3, -0.25) is 0 Å². The van der Waals surface area contributed by atoms with Crippen LogP contribution in [0.1, 0.15) is 66.1 Å². The van der Waals surface area contributed by atoms with Crippen molar-refractivity contribution in [3.05, 3.63) is 88.0 Å². The number of aryl methyl sites for hydroxylation is 2. The molecule has 1 heterocycles. The number of halogens is 3. The zero-order valence-electron chi connectivity index (χ0n) is 21.1. The molecule has 1 aliphatic heterocycles. The third-order valence-electron chi connectivity index (χ3n) is 6.87. The first-order chi connectivity index (χ1) is 16.8. The SMILES string of the molecule is Cc1cc(C)cc([C@H]2NC(=O)N(Cc3cc(C(F)(F)F)ccc3-c3cc(C(C)C)ccc3O)[C@H]2C)c1. The van der Waals surface area contributed by atoms with E-state index in [9.17, 15) is 23.1 Å². The molecular weight excluding hydrogens is 465 g/mol. The van der Waals surface area contributed by atoms with Crippen LogP contribution in [0, 0.1) is 13.8 Å². The van der Waals surface area contributed by atoms with Crippen LogP contribution in [0.4, 0.5) is 18.0 Å². The molecule has 190 valence electrons. The van der Waals surface area contributed by atoms with Crippen LogP contribution < -0.4 is 5.32 Å². The lowest BCUT2D eigenvalue weighted by atomic mass is 9.92. The summed E-state index contributed by atoms with van der Waals surface area (Å²) in [5.74, 6) is 0.151. The average Bonchev–Trinajstić information content (AvgIpc) is 3.06. The number of nitrogens with zero attached hydrogens (tertiary/aromatic N) is 1. The van der Waals surface area contributed by atoms with Gasteiger partial charge >= 0.3 is 12.2 Å². The predicted molar refractivity (Wildman–Crippen MR) is 135 cm³/mol. The molecule has 0 aromatic heterocycles. The van der Waals surface area contributed by atoms with Gasteiger partial charge in [0, 0.05) is 12.1 Å². The van der Waals surface area contributed by atoms with Gasteiger partial charge in [-0.25, -0.2) is 4.79 Å². The van der Waals surface area contributed by atoms with Crippen LogP contribution in [-0.4, -0.2) is 22.1 Å². The summed E-state index contributed by atoms with van der Waals surface area (Å²) in [6, 6.07) is 13.8. The van der Waals surface area contributed by atoms with Gasteiger partial charge in [-0.2, -0.15) is 13.2 Å². The Morgan fingerprint density at radius 3 is 2.25 bits per heavy atom. The van der Waals surface area contributed by atoms with E-state index in [-0.39, 0.29) is 36.3 Å². The molecule has 7 heteroatoms. The van der Waals surface area contributed by atoms with Crippen molar-refractivity contribution in [1.29, 1.82) is 0 Å². The lowest BCUT2D eigenvalue weighted by Gasteiger charge is -2.25. The summed E-state index contributed by atoms with van der Waals surface area (Å²) < 4.78 is 40.9. The van der Waals surface area contributed by atoms with E-state index in [1.807, 2.05) is 46.8 Å². The van der Waals surface area contributed by atoms with Gasteiger partial charge in [0.25, 0.3) is 0 Å². The number of carbonyl (C=O) groups is 1. The number of rotatable bonds is 5. The summed E-state index contributed by atoms with van der Waals surface area (Å²) in [5.41, 5.74) is 4.51. The number of carbonyl (C=O) groups excluding carboxylic acids is 1. The monoisotopic (exact) mass is 496 g/mol. The summed E-state index contributed by atoms with van der Waals surface area (Å²) in [5, 5.41) is 13.6. The van der Waals surface area contributed by atoms with Crippen molar-refractivity contribution in [2.75, 3.05) is 0 Å². The van der Waals surface area contributed by atoms with E-state index in [1.54, 1.807) is 23.1 Å². The van der Waals surface area contributed by atoms with Crippen molar-refractivity contribution in [2.45, 2.75) is 65.3 Å². The van der Waals surface area contributed by atoms with Gasteiger partial charge in [0.05, 0.1) is 17.6 Å². The summed E-state index contributed by atoms with van der Waals surface area (Å²) in [4.78, 5) is 14.6. The van der Waals surface area contributed by atoms with E-state index >= 15 is 0 Å². The Morgan fingerprint density at radius 2 is 1.64 bits per heavy atom. The Morgan fingerprint density at radius 1 is 0.972 bits per heavy atom. The number of amides is 2. The lowest BCUT2D eigenvalue weighted by molar-refractivity contribution is -0.137. The molecule has 1 aliphatic rings. The highest BCUT2D eigenvalue weighted by Gasteiger charge is 2.38. The first-order valence-electron chi connectivity index (χ1n) is 12.0. The van der Waals surface area contributed by atoms with Crippen LogP contribution in [0.2, 0.25) is 0 Å². The summed E-state index contributed by atoms with van der Waals surface area (Å²) >= 11 is 0. The van der Waals surface area contributed by atoms with Gasteiger partial charge in [-0.15, -0.1) is 0 Å². The summed E-state index contributed by atoms with van der Waals surface area (Å²) in [6.45, 7) is 9.86. The van der Waals surface area contributed by atoms with Crippen LogP contribution in [0.3, 0.4) is 0 Å². The third kappa shape index (κ3) is 5.06. The number of phenols is 1. The minimum absolute atomic E-state index is 0.0209. The zero-order valence-corrected chi connectivity index (χ0v) is 21.1. The molecular formula is C29H31F3N2O2. The normalized spacial score (nSPS) is 18.1. The maximum atomic E-state index is 13.6. The topological polar surface area (TPSA) is 52.6 Å². The number of hydrogen-bond donors (Lipinski definition) is 2. The molecule has 0 spiro atoms. The minimum Gasteiger partial charge on any atom is -0.507 e. The summed E-state index contributed by atoms with van der Waals surface area (Å²) in [7, 11) is 0. The Hall–Kier alpha value is -3.48. The standard InChI is InChI=1S/C29H31F3N2O2/c1-16(2)20-6-9-26(35)25(14-20)24-8-7-23(29(30,31)32)13-22(24)15-34-19(5)27(33-28(34)36)21-11-17(3)10-18(4)12-21/h6-14,16,19,27,35H,15H2,1-5H3,(H,33,36)/t19-,27-/m0/s1. The fourth-order valence-electron chi connectivity index (χ4n) is 4.94. The highest BCUT2D eigenvalue weighted by Crippen LogP contribution is 2.39. The molecule has 3 aromatic carbocycles. The Kier molecular flexibility index (Phi) is 6.78. The van der Waals surface area contributed by atoms with Crippen molar-refractivity contribution in [1.82, 2.24) is 10.2 Å². The van der Waals surface area contributed by atoms with E-state index in [0.717, 1.165) is 34.4 Å². The second kappa shape index (κ2) is 9.52. The molecule has 36 heavy (non-hydrogen) atoms. The van der Waals surface area contributed by atoms with Crippen molar-refractivity contribution in [2.24, 2.45) is 0 Å². The molecule has 3 aromatic rings. The molecule has 0 aliphatic carbocycles. The van der Waals surface area contributed by atoms with Gasteiger partial charge in [-0.1, -0.05) is 55.3 Å². The van der Waals surface area contributed by atoms with Gasteiger partial charge < -0.3 is 15.3 Å². The maximum Gasteiger partial charge on any atom is 0.416 e. The molecule has 1 saturated heterocycles. The van der Waals surface area contributed by atoms with Crippen LogP contribution >= 0.6 is 0 Å². The molecule has 2 atom stereocenters. The van der Waals surface area contributed by atoms with Crippen molar-refractivity contribution < 1.29 is 23.1 Å². The van der Waals surface area contributed by atoms with Gasteiger partial charge in [0.2, 0.25) is 0 Å². The van der Waals surface area contributed by atoms with E-state index in [1.165, 1.54) is 6.07 Å². The van der Waals surface area contributed by atoms with Gasteiger partial charge in [0.15, 0.2) is 0 Å². The molecule has 0 saturated carbocycles. The first-order valence-corrected chi connectivity index (χ1v) is 12.0. The highest BCUT2D eigenvalue weighted by atomic mass is 19.4. The molecule has 2 amide bonds. The smallest absolute Gasteiger partial charge is 0.416 e. The van der Waals surface area contributed by atoms with E-state index in [0.29, 0.717) is 16.7 Å². The first kappa shape index (κ1) is 25.6. The largest absolute Gasteiger partial charge is 0.507 e. The minimum atomic E-state index is -4.53. The second-order valence-corrected chi connectivity index (χ2v) is 10.0. The van der Waals surface area contributed by atoms with E-state index < -0.39 is 11.7 Å². The fourth-order valence-corrected chi connectivity index (χ4v) is 4.94. The molecule has 0 bridgehead atoms. The molecule has 1 fully saturated rings. The van der Waals surface area contributed by atoms with Gasteiger partial charge in [-0.05, 0) is 73.2 Å². The number of urea groups is 1. The predicted octanol–water partition coefficient (Wildman–Crippen LogP) is 7.47. The van der Waals surface area contributed by atoms with Crippen LogP contribution in [0.25, 0.3) is 11.1 Å². The molecule has 2 N–H and O–H groups in total. The second-order valence-electron chi connectivity index (χ2n) is 10.0. The van der Waals surface area contributed by atoms with Crippen molar-refractivity contribution in [3.8, 4) is 16.9 Å². The van der Waals surface area contributed by atoms with Crippen LogP contribution in [0.15, 0.2) is 54.6 Å². The van der Waals surface area contributed by atoms with Crippen molar-refractivity contribution >= 4 is 6.03 Å². The molecule has 0 unspecified atom stereocenters. The average molecular weight is 497 g/mol. The lowest BCUT2D eigenvalue weighted by Crippen LogP contribution is -2.32. The Labute approximate surface area is 209 Å².